The zero-order valence-corrected chi connectivity index (χ0v) is 13.6. The van der Waals surface area contributed by atoms with Gasteiger partial charge < -0.3 is 16.0 Å². The van der Waals surface area contributed by atoms with Crippen LogP contribution in [0.4, 0.5) is 5.13 Å². The minimum atomic E-state index is -0.317. The molecule has 0 aliphatic carbocycles. The van der Waals surface area contributed by atoms with Gasteiger partial charge in [0.05, 0.1) is 0 Å². The van der Waals surface area contributed by atoms with E-state index in [1.54, 1.807) is 0 Å². The van der Waals surface area contributed by atoms with Crippen LogP contribution < -0.4 is 11.1 Å². The first-order valence-electron chi connectivity index (χ1n) is 7.12. The first-order valence-corrected chi connectivity index (χ1v) is 7.93. The van der Waals surface area contributed by atoms with Gasteiger partial charge in [-0.3, -0.25) is 4.79 Å². The van der Waals surface area contributed by atoms with E-state index in [1.165, 1.54) is 11.3 Å². The molecule has 0 aliphatic rings. The fourth-order valence-corrected chi connectivity index (χ4v) is 2.66. The molecular weight excluding hydrogens is 298 g/mol. The van der Waals surface area contributed by atoms with Crippen molar-refractivity contribution in [3.63, 3.8) is 0 Å². The van der Waals surface area contributed by atoms with E-state index in [0.717, 1.165) is 23.5 Å². The van der Waals surface area contributed by atoms with Gasteiger partial charge >= 0.3 is 0 Å². The Hall–Kier alpha value is -1.83. The highest BCUT2D eigenvalue weighted by molar-refractivity contribution is 7.15. The standard InChI is InChI=1S/C15H21N5OS/c1-20(2)9-8-14-18-19-15(22-14)17-13(21)10-12(16)11-6-4-3-5-7-11/h3-7,12H,8-10,16H2,1-2H3,(H,17,19,21). The minimum Gasteiger partial charge on any atom is -0.324 e. The molecule has 0 spiro atoms. The van der Waals surface area contributed by atoms with Crippen molar-refractivity contribution in [1.29, 1.82) is 0 Å². The molecule has 22 heavy (non-hydrogen) atoms. The second kappa shape index (κ2) is 7.98. The Morgan fingerprint density at radius 3 is 2.73 bits per heavy atom. The van der Waals surface area contributed by atoms with Crippen molar-refractivity contribution >= 4 is 22.4 Å². The Morgan fingerprint density at radius 2 is 2.05 bits per heavy atom. The van der Waals surface area contributed by atoms with E-state index in [2.05, 4.69) is 20.4 Å². The molecule has 3 N–H and O–H groups in total. The van der Waals surface area contributed by atoms with Crippen LogP contribution in [-0.4, -0.2) is 41.6 Å². The average Bonchev–Trinajstić information content (AvgIpc) is 2.93. The molecular formula is C15H21N5OS. The van der Waals surface area contributed by atoms with Crippen molar-refractivity contribution in [3.05, 3.63) is 40.9 Å². The Labute approximate surface area is 134 Å². The van der Waals surface area contributed by atoms with Crippen LogP contribution in [0.3, 0.4) is 0 Å². The lowest BCUT2D eigenvalue weighted by molar-refractivity contribution is -0.116. The predicted octanol–water partition coefficient (Wildman–Crippen LogP) is 1.67. The number of nitrogens with one attached hydrogen (secondary N) is 1. The molecule has 0 radical (unpaired) electrons. The van der Waals surface area contributed by atoms with Crippen molar-refractivity contribution in [3.8, 4) is 0 Å². The maximum atomic E-state index is 12.0. The second-order valence-corrected chi connectivity index (χ2v) is 6.39. The Morgan fingerprint density at radius 1 is 1.32 bits per heavy atom. The van der Waals surface area contributed by atoms with Gasteiger partial charge in [0.15, 0.2) is 0 Å². The summed E-state index contributed by atoms with van der Waals surface area (Å²) in [7, 11) is 4.02. The Kier molecular flexibility index (Phi) is 6.00. The lowest BCUT2D eigenvalue weighted by Gasteiger charge is -2.10. The molecule has 0 saturated heterocycles. The minimum absolute atomic E-state index is 0.147. The molecule has 1 aromatic carbocycles. The monoisotopic (exact) mass is 319 g/mol. The van der Waals surface area contributed by atoms with Gasteiger partial charge in [-0.1, -0.05) is 41.7 Å². The van der Waals surface area contributed by atoms with Crippen molar-refractivity contribution in [2.45, 2.75) is 18.9 Å². The fourth-order valence-electron chi connectivity index (χ4n) is 1.91. The van der Waals surface area contributed by atoms with Crippen LogP contribution in [0.1, 0.15) is 23.0 Å². The summed E-state index contributed by atoms with van der Waals surface area (Å²) in [5, 5.41) is 12.3. The van der Waals surface area contributed by atoms with Crippen LogP contribution in [0.25, 0.3) is 0 Å². The van der Waals surface area contributed by atoms with Gasteiger partial charge in [0, 0.05) is 25.4 Å². The Bertz CT molecular complexity index is 599. The van der Waals surface area contributed by atoms with Gasteiger partial charge in [-0.05, 0) is 19.7 Å². The summed E-state index contributed by atoms with van der Waals surface area (Å²) >= 11 is 1.40. The van der Waals surface area contributed by atoms with E-state index in [-0.39, 0.29) is 18.4 Å². The number of aromatic nitrogens is 2. The van der Waals surface area contributed by atoms with Crippen LogP contribution in [0.5, 0.6) is 0 Å². The van der Waals surface area contributed by atoms with E-state index < -0.39 is 0 Å². The largest absolute Gasteiger partial charge is 0.324 e. The maximum Gasteiger partial charge on any atom is 0.228 e. The quantitative estimate of drug-likeness (QED) is 0.811. The molecule has 7 heteroatoms. The molecule has 1 aromatic heterocycles. The molecule has 2 rings (SSSR count). The number of hydrogen-bond donors (Lipinski definition) is 2. The molecule has 1 unspecified atom stereocenters. The highest BCUT2D eigenvalue weighted by Crippen LogP contribution is 2.18. The molecule has 0 fully saturated rings. The first-order chi connectivity index (χ1) is 10.5. The lowest BCUT2D eigenvalue weighted by Crippen LogP contribution is -2.20. The zero-order valence-electron chi connectivity index (χ0n) is 12.8. The molecule has 0 aliphatic heterocycles. The lowest BCUT2D eigenvalue weighted by atomic mass is 10.0. The SMILES string of the molecule is CN(C)CCc1nnc(NC(=O)CC(N)c2ccccc2)s1. The first kappa shape index (κ1) is 16.5. The van der Waals surface area contributed by atoms with Gasteiger partial charge in [0.1, 0.15) is 5.01 Å². The van der Waals surface area contributed by atoms with Crippen molar-refractivity contribution < 1.29 is 4.79 Å². The van der Waals surface area contributed by atoms with Crippen molar-refractivity contribution in [1.82, 2.24) is 15.1 Å². The van der Waals surface area contributed by atoms with Gasteiger partial charge in [-0.2, -0.15) is 0 Å². The number of hydrogen-bond acceptors (Lipinski definition) is 6. The normalized spacial score (nSPS) is 12.4. The third-order valence-electron chi connectivity index (χ3n) is 3.12. The third kappa shape index (κ3) is 5.18. The predicted molar refractivity (Wildman–Crippen MR) is 88.8 cm³/mol. The summed E-state index contributed by atoms with van der Waals surface area (Å²) in [5.74, 6) is -0.147. The number of nitrogens with zero attached hydrogens (tertiary/aromatic N) is 3. The number of benzene rings is 1. The van der Waals surface area contributed by atoms with Crippen molar-refractivity contribution in [2.24, 2.45) is 5.73 Å². The molecule has 6 nitrogen and oxygen atoms in total. The van der Waals surface area contributed by atoms with Crippen LogP contribution in [0.15, 0.2) is 30.3 Å². The summed E-state index contributed by atoms with van der Waals surface area (Å²) in [5.41, 5.74) is 6.98. The number of rotatable bonds is 7. The number of amides is 1. The van der Waals surface area contributed by atoms with E-state index >= 15 is 0 Å². The average molecular weight is 319 g/mol. The third-order valence-corrected chi connectivity index (χ3v) is 4.02. The summed E-state index contributed by atoms with van der Waals surface area (Å²) in [4.78, 5) is 14.1. The summed E-state index contributed by atoms with van der Waals surface area (Å²) in [6.07, 6.45) is 1.04. The van der Waals surface area contributed by atoms with Crippen LogP contribution in [0.2, 0.25) is 0 Å². The van der Waals surface area contributed by atoms with E-state index in [1.807, 2.05) is 44.4 Å². The number of carbonyl (C=O) groups is 1. The van der Waals surface area contributed by atoms with Crippen molar-refractivity contribution in [2.75, 3.05) is 26.0 Å². The number of nitrogens with two attached hydrogens (primary N) is 1. The molecule has 0 saturated carbocycles. The van der Waals surface area contributed by atoms with E-state index in [0.29, 0.717) is 5.13 Å². The Balaban J connectivity index is 1.84. The highest BCUT2D eigenvalue weighted by atomic mass is 32.1. The maximum absolute atomic E-state index is 12.0. The van der Waals surface area contributed by atoms with Gasteiger partial charge in [-0.25, -0.2) is 0 Å². The fraction of sp³-hybridized carbons (Fsp3) is 0.400. The van der Waals surface area contributed by atoms with Crippen LogP contribution in [0, 0.1) is 0 Å². The summed E-state index contributed by atoms with van der Waals surface area (Å²) in [6.45, 7) is 0.904. The number of carbonyl (C=O) groups excluding carboxylic acids is 1. The number of anilines is 1. The molecule has 0 bridgehead atoms. The summed E-state index contributed by atoms with van der Waals surface area (Å²) < 4.78 is 0. The number of likely N-dealkylation sites (N-methyl/N-ethyl adjacent to an activating group) is 1. The topological polar surface area (TPSA) is 84.1 Å². The smallest absolute Gasteiger partial charge is 0.228 e. The highest BCUT2D eigenvalue weighted by Gasteiger charge is 2.13. The molecule has 2 aromatic rings. The zero-order chi connectivity index (χ0) is 15.9. The van der Waals surface area contributed by atoms with Gasteiger partial charge in [-0.15, -0.1) is 10.2 Å². The van der Waals surface area contributed by atoms with Gasteiger partial charge in [0.25, 0.3) is 0 Å². The van der Waals surface area contributed by atoms with Gasteiger partial charge in [0.2, 0.25) is 11.0 Å². The molecule has 1 atom stereocenters. The molecule has 118 valence electrons. The van der Waals surface area contributed by atoms with E-state index in [4.69, 9.17) is 5.73 Å². The van der Waals surface area contributed by atoms with E-state index in [9.17, 15) is 4.79 Å². The van der Waals surface area contributed by atoms with Crippen LogP contribution >= 0.6 is 11.3 Å². The molecule has 1 amide bonds. The molecule has 1 heterocycles. The summed E-state index contributed by atoms with van der Waals surface area (Å²) in [6, 6.07) is 9.27. The van der Waals surface area contributed by atoms with Crippen LogP contribution in [-0.2, 0) is 11.2 Å². The second-order valence-electron chi connectivity index (χ2n) is 5.32.